The summed E-state index contributed by atoms with van der Waals surface area (Å²) in [5.74, 6) is -1.78. The second-order valence-electron chi connectivity index (χ2n) is 9.39. The Morgan fingerprint density at radius 3 is 2.60 bits per heavy atom. The van der Waals surface area contributed by atoms with Gasteiger partial charge in [-0.2, -0.15) is 0 Å². The van der Waals surface area contributed by atoms with Crippen molar-refractivity contribution in [2.24, 2.45) is 0 Å². The van der Waals surface area contributed by atoms with Gasteiger partial charge in [0, 0.05) is 61.9 Å². The minimum Gasteiger partial charge on any atom is -0.477 e. The van der Waals surface area contributed by atoms with E-state index >= 15 is 4.39 Å². The smallest absolute Gasteiger partial charge is 0.341 e. The van der Waals surface area contributed by atoms with E-state index in [0.29, 0.717) is 24.3 Å². The van der Waals surface area contributed by atoms with E-state index in [2.05, 4.69) is 34.1 Å². The fourth-order valence-corrected chi connectivity index (χ4v) is 5.09. The van der Waals surface area contributed by atoms with Crippen LogP contribution in [0.5, 0.6) is 0 Å². The van der Waals surface area contributed by atoms with E-state index < -0.39 is 17.2 Å². The van der Waals surface area contributed by atoms with Gasteiger partial charge in [-0.3, -0.25) is 14.7 Å². The van der Waals surface area contributed by atoms with Crippen LogP contribution in [-0.2, 0) is 6.54 Å². The van der Waals surface area contributed by atoms with Crippen LogP contribution in [0.3, 0.4) is 0 Å². The van der Waals surface area contributed by atoms with Gasteiger partial charge >= 0.3 is 5.97 Å². The number of aromatic nitrogens is 2. The number of carboxylic acids is 1. The number of halogens is 1. The molecule has 1 saturated carbocycles. The molecule has 8 heteroatoms. The average molecular weight is 473 g/mol. The fraction of sp³-hybridized carbons (Fsp3) is 0.296. The molecule has 1 aliphatic carbocycles. The Morgan fingerprint density at radius 2 is 1.86 bits per heavy atom. The lowest BCUT2D eigenvalue weighted by Gasteiger charge is -2.36. The third-order valence-electron chi connectivity index (χ3n) is 7.09. The van der Waals surface area contributed by atoms with Crippen LogP contribution >= 0.6 is 0 Å². The maximum atomic E-state index is 15.2. The van der Waals surface area contributed by atoms with E-state index in [1.807, 2.05) is 21.7 Å². The molecule has 1 N–H and O–H groups in total. The van der Waals surface area contributed by atoms with Crippen LogP contribution in [0.15, 0.2) is 59.7 Å². The lowest BCUT2D eigenvalue weighted by Crippen LogP contribution is -2.46. The van der Waals surface area contributed by atoms with Gasteiger partial charge in [-0.05, 0) is 36.6 Å². The predicted octanol–water partition coefficient (Wildman–Crippen LogP) is 4.04. The first-order valence-corrected chi connectivity index (χ1v) is 11.9. The van der Waals surface area contributed by atoms with Crippen molar-refractivity contribution < 1.29 is 14.3 Å². The molecule has 2 fully saturated rings. The summed E-state index contributed by atoms with van der Waals surface area (Å²) in [5, 5.41) is 10.7. The number of anilines is 1. The zero-order valence-corrected chi connectivity index (χ0v) is 19.2. The van der Waals surface area contributed by atoms with Gasteiger partial charge in [0.05, 0.1) is 16.7 Å². The van der Waals surface area contributed by atoms with Crippen molar-refractivity contribution >= 4 is 33.5 Å². The molecule has 1 saturated heterocycles. The predicted molar refractivity (Wildman–Crippen MR) is 133 cm³/mol. The largest absolute Gasteiger partial charge is 0.477 e. The Hall–Kier alpha value is -3.78. The molecule has 2 aromatic carbocycles. The number of hydrogen-bond acceptors (Lipinski definition) is 5. The van der Waals surface area contributed by atoms with Crippen LogP contribution in [0.1, 0.15) is 34.8 Å². The van der Waals surface area contributed by atoms with Crippen LogP contribution in [0.2, 0.25) is 0 Å². The Labute approximate surface area is 201 Å². The highest BCUT2D eigenvalue weighted by molar-refractivity contribution is 5.93. The fourth-order valence-electron chi connectivity index (χ4n) is 5.09. The molecule has 2 aromatic heterocycles. The number of carboxylic acid groups (broad SMARTS) is 1. The van der Waals surface area contributed by atoms with Gasteiger partial charge in [0.25, 0.3) is 0 Å². The first-order chi connectivity index (χ1) is 17.0. The van der Waals surface area contributed by atoms with Crippen molar-refractivity contribution in [2.75, 3.05) is 31.1 Å². The Kier molecular flexibility index (Phi) is 5.25. The number of aromatic carboxylic acids is 1. The van der Waals surface area contributed by atoms with Crippen molar-refractivity contribution in [1.29, 1.82) is 0 Å². The van der Waals surface area contributed by atoms with E-state index in [4.69, 9.17) is 0 Å². The molecule has 1 aliphatic heterocycles. The summed E-state index contributed by atoms with van der Waals surface area (Å²) in [4.78, 5) is 33.2. The molecule has 0 bridgehead atoms. The molecule has 0 spiro atoms. The van der Waals surface area contributed by atoms with Crippen molar-refractivity contribution in [3.05, 3.63) is 82.0 Å². The summed E-state index contributed by atoms with van der Waals surface area (Å²) < 4.78 is 17.1. The van der Waals surface area contributed by atoms with Crippen molar-refractivity contribution in [1.82, 2.24) is 14.5 Å². The summed E-state index contributed by atoms with van der Waals surface area (Å²) in [6, 6.07) is 13.3. The summed E-state index contributed by atoms with van der Waals surface area (Å²) in [6.45, 7) is 3.63. The number of carbonyl (C=O) groups is 1. The van der Waals surface area contributed by atoms with Gasteiger partial charge in [-0.15, -0.1) is 0 Å². The number of benzene rings is 2. The third kappa shape index (κ3) is 3.93. The number of hydrogen-bond donors (Lipinski definition) is 1. The Morgan fingerprint density at radius 1 is 1.09 bits per heavy atom. The molecular weight excluding hydrogens is 447 g/mol. The number of pyridine rings is 2. The SMILES string of the molecule is O=C(O)c1cn(C2CC2)c2cc(N3CCN(Cc4cccc5cccnc45)CC3)c(F)cc2c1=O. The number of para-hydroxylation sites is 1. The summed E-state index contributed by atoms with van der Waals surface area (Å²) >= 11 is 0. The number of rotatable bonds is 5. The highest BCUT2D eigenvalue weighted by Crippen LogP contribution is 2.38. The van der Waals surface area contributed by atoms with E-state index in [-0.39, 0.29) is 17.0 Å². The Balaban J connectivity index is 1.27. The number of fused-ring (bicyclic) bond motifs is 2. The molecule has 0 unspecified atom stereocenters. The van der Waals surface area contributed by atoms with E-state index in [1.54, 1.807) is 6.07 Å². The Bertz CT molecular complexity index is 1520. The second kappa shape index (κ2) is 8.46. The summed E-state index contributed by atoms with van der Waals surface area (Å²) in [7, 11) is 0. The van der Waals surface area contributed by atoms with Crippen LogP contribution in [-0.4, -0.2) is 51.7 Å². The van der Waals surface area contributed by atoms with Crippen LogP contribution in [0.25, 0.3) is 21.8 Å². The van der Waals surface area contributed by atoms with Crippen LogP contribution < -0.4 is 10.3 Å². The van der Waals surface area contributed by atoms with Gasteiger partial charge in [0.15, 0.2) is 0 Å². The highest BCUT2D eigenvalue weighted by atomic mass is 19.1. The molecule has 3 heterocycles. The van der Waals surface area contributed by atoms with E-state index in [0.717, 1.165) is 43.4 Å². The molecule has 6 rings (SSSR count). The average Bonchev–Trinajstić information content (AvgIpc) is 3.70. The standard InChI is InChI=1S/C27H25FN4O3/c28-22-13-20-23(32(19-6-7-19)16-21(26(20)33)27(34)35)14-24(22)31-11-9-30(10-12-31)15-18-4-1-3-17-5-2-8-29-25(17)18/h1-5,8,13-14,16,19H,6-7,9-12,15H2,(H,34,35). The van der Waals surface area contributed by atoms with Gasteiger partial charge in [0.2, 0.25) is 5.43 Å². The van der Waals surface area contributed by atoms with Crippen molar-refractivity contribution in [2.45, 2.75) is 25.4 Å². The molecular formula is C27H25FN4O3. The van der Waals surface area contributed by atoms with Gasteiger partial charge in [0.1, 0.15) is 11.4 Å². The molecule has 4 aromatic rings. The first kappa shape index (κ1) is 21.7. The van der Waals surface area contributed by atoms with Crippen molar-refractivity contribution in [3.8, 4) is 0 Å². The molecule has 35 heavy (non-hydrogen) atoms. The van der Waals surface area contributed by atoms with Crippen molar-refractivity contribution in [3.63, 3.8) is 0 Å². The topological polar surface area (TPSA) is 78.7 Å². The quantitative estimate of drug-likeness (QED) is 0.472. The lowest BCUT2D eigenvalue weighted by atomic mass is 10.1. The molecule has 178 valence electrons. The molecule has 0 amide bonds. The molecule has 0 radical (unpaired) electrons. The van der Waals surface area contributed by atoms with E-state index in [9.17, 15) is 14.7 Å². The highest BCUT2D eigenvalue weighted by Gasteiger charge is 2.28. The zero-order valence-electron chi connectivity index (χ0n) is 19.2. The monoisotopic (exact) mass is 472 g/mol. The van der Waals surface area contributed by atoms with Gasteiger partial charge in [-0.25, -0.2) is 9.18 Å². The minimum absolute atomic E-state index is 0.125. The maximum absolute atomic E-state index is 15.2. The van der Waals surface area contributed by atoms with Crippen LogP contribution in [0, 0.1) is 5.82 Å². The van der Waals surface area contributed by atoms with Gasteiger partial charge in [-0.1, -0.05) is 24.3 Å². The first-order valence-electron chi connectivity index (χ1n) is 11.9. The third-order valence-corrected chi connectivity index (χ3v) is 7.09. The summed E-state index contributed by atoms with van der Waals surface area (Å²) in [6.07, 6.45) is 5.08. The molecule has 7 nitrogen and oxygen atoms in total. The molecule has 0 atom stereocenters. The van der Waals surface area contributed by atoms with Crippen LogP contribution in [0.4, 0.5) is 10.1 Å². The van der Waals surface area contributed by atoms with Gasteiger partial charge < -0.3 is 14.6 Å². The maximum Gasteiger partial charge on any atom is 0.341 e. The molecule has 2 aliphatic rings. The normalized spacial score (nSPS) is 16.8. The zero-order chi connectivity index (χ0) is 24.1. The number of nitrogens with zero attached hydrogens (tertiary/aromatic N) is 4. The minimum atomic E-state index is -1.28. The summed E-state index contributed by atoms with van der Waals surface area (Å²) in [5.41, 5.74) is 2.30. The van der Waals surface area contributed by atoms with E-state index in [1.165, 1.54) is 17.8 Å². The second-order valence-corrected chi connectivity index (χ2v) is 9.39. The lowest BCUT2D eigenvalue weighted by molar-refractivity contribution is 0.0695. The number of piperazine rings is 1.